The Morgan fingerprint density at radius 1 is 1.26 bits per heavy atom. The molecular weight excluding hydrogens is 374 g/mol. The van der Waals surface area contributed by atoms with Gasteiger partial charge in [-0.2, -0.15) is 9.97 Å². The van der Waals surface area contributed by atoms with Crippen molar-refractivity contribution in [2.45, 2.75) is 0 Å². The highest BCUT2D eigenvalue weighted by Crippen LogP contribution is 2.26. The van der Waals surface area contributed by atoms with Crippen LogP contribution in [0.5, 0.6) is 5.88 Å². The summed E-state index contributed by atoms with van der Waals surface area (Å²) < 4.78 is 16.1. The van der Waals surface area contributed by atoms with Crippen LogP contribution in [0.3, 0.4) is 0 Å². The molecule has 0 radical (unpaired) electrons. The second kappa shape index (κ2) is 7.37. The Kier molecular flexibility index (Phi) is 4.78. The highest BCUT2D eigenvalue weighted by Gasteiger charge is 2.21. The van der Waals surface area contributed by atoms with E-state index in [9.17, 15) is 4.79 Å². The number of oxazole rings is 1. The van der Waals surface area contributed by atoms with Crippen LogP contribution in [0, 0.1) is 0 Å². The SMILES string of the molecule is COc1cccc(NC(=O)c2cc3oc(N4CCOCC4)nc3nc2Cl)n1. The van der Waals surface area contributed by atoms with Gasteiger partial charge in [0.2, 0.25) is 11.5 Å². The first-order chi connectivity index (χ1) is 13.1. The molecule has 1 amide bonds. The van der Waals surface area contributed by atoms with Gasteiger partial charge in [-0.3, -0.25) is 4.79 Å². The normalized spacial score (nSPS) is 14.4. The van der Waals surface area contributed by atoms with Crippen molar-refractivity contribution in [1.29, 1.82) is 0 Å². The van der Waals surface area contributed by atoms with Gasteiger partial charge in [-0.1, -0.05) is 17.7 Å². The third kappa shape index (κ3) is 3.64. The molecule has 1 aliphatic rings. The van der Waals surface area contributed by atoms with Crippen molar-refractivity contribution < 1.29 is 18.7 Å². The number of anilines is 2. The molecule has 0 spiro atoms. The first kappa shape index (κ1) is 17.5. The van der Waals surface area contributed by atoms with Gasteiger partial charge >= 0.3 is 0 Å². The largest absolute Gasteiger partial charge is 0.481 e. The number of ether oxygens (including phenoxy) is 2. The van der Waals surface area contributed by atoms with Crippen molar-refractivity contribution in [3.63, 3.8) is 0 Å². The molecule has 0 bridgehead atoms. The Morgan fingerprint density at radius 3 is 2.85 bits per heavy atom. The van der Waals surface area contributed by atoms with Crippen molar-refractivity contribution in [3.05, 3.63) is 35.0 Å². The zero-order valence-corrected chi connectivity index (χ0v) is 15.2. The van der Waals surface area contributed by atoms with Crippen LogP contribution in [-0.2, 0) is 4.74 Å². The van der Waals surface area contributed by atoms with Gasteiger partial charge in [-0.25, -0.2) is 4.98 Å². The molecule has 4 heterocycles. The third-order valence-electron chi connectivity index (χ3n) is 4.03. The Morgan fingerprint density at radius 2 is 2.07 bits per heavy atom. The summed E-state index contributed by atoms with van der Waals surface area (Å²) in [5.74, 6) is 0.263. The van der Waals surface area contributed by atoms with Gasteiger partial charge in [0, 0.05) is 25.2 Å². The quantitative estimate of drug-likeness (QED) is 0.678. The van der Waals surface area contributed by atoms with Gasteiger partial charge in [0.1, 0.15) is 11.0 Å². The van der Waals surface area contributed by atoms with Gasteiger partial charge in [-0.15, -0.1) is 0 Å². The molecule has 27 heavy (non-hydrogen) atoms. The second-order valence-corrected chi connectivity index (χ2v) is 6.12. The van der Waals surface area contributed by atoms with E-state index >= 15 is 0 Å². The number of fused-ring (bicyclic) bond motifs is 1. The molecule has 1 aliphatic heterocycles. The average molecular weight is 390 g/mol. The Bertz CT molecular complexity index is 987. The average Bonchev–Trinajstić information content (AvgIpc) is 3.11. The van der Waals surface area contributed by atoms with Crippen molar-refractivity contribution in [2.75, 3.05) is 43.6 Å². The molecule has 1 N–H and O–H groups in total. The molecule has 0 atom stereocenters. The number of methoxy groups -OCH3 is 1. The van der Waals surface area contributed by atoms with Crippen LogP contribution in [0.4, 0.5) is 11.8 Å². The van der Waals surface area contributed by atoms with Gasteiger partial charge in [-0.05, 0) is 6.07 Å². The second-order valence-electron chi connectivity index (χ2n) is 5.76. The molecule has 4 rings (SSSR count). The maximum Gasteiger partial charge on any atom is 0.300 e. The number of nitrogens with zero attached hydrogens (tertiary/aromatic N) is 4. The molecule has 3 aromatic rings. The van der Waals surface area contributed by atoms with Crippen molar-refractivity contribution in [1.82, 2.24) is 15.0 Å². The standard InChI is InChI=1S/C17H16ClN5O4/c1-25-13-4-2-3-12(19-13)20-16(24)10-9-11-15(21-14(10)18)22-17(27-11)23-5-7-26-8-6-23/h2-4,9H,5-8H2,1H3,(H,19,20,24). The summed E-state index contributed by atoms with van der Waals surface area (Å²) in [6.45, 7) is 2.56. The number of hydrogen-bond donors (Lipinski definition) is 1. The lowest BCUT2D eigenvalue weighted by molar-refractivity contribution is 0.102. The molecule has 9 nitrogen and oxygen atoms in total. The molecule has 3 aromatic heterocycles. The minimum Gasteiger partial charge on any atom is -0.481 e. The van der Waals surface area contributed by atoms with E-state index in [-0.39, 0.29) is 10.7 Å². The zero-order valence-electron chi connectivity index (χ0n) is 14.4. The number of morpholine rings is 1. The zero-order chi connectivity index (χ0) is 18.8. The summed E-state index contributed by atoms with van der Waals surface area (Å²) in [4.78, 5) is 27.2. The van der Waals surface area contributed by atoms with Gasteiger partial charge in [0.05, 0.1) is 25.9 Å². The number of amides is 1. The molecule has 0 unspecified atom stereocenters. The van der Waals surface area contributed by atoms with Gasteiger partial charge < -0.3 is 24.1 Å². The number of pyridine rings is 2. The first-order valence-electron chi connectivity index (χ1n) is 8.26. The smallest absolute Gasteiger partial charge is 0.300 e. The molecular formula is C17H16ClN5O4. The molecule has 0 aromatic carbocycles. The summed E-state index contributed by atoms with van der Waals surface area (Å²) >= 11 is 6.19. The lowest BCUT2D eigenvalue weighted by atomic mass is 10.2. The summed E-state index contributed by atoms with van der Waals surface area (Å²) in [6, 6.07) is 7.00. The van der Waals surface area contributed by atoms with Gasteiger partial charge in [0.15, 0.2) is 5.58 Å². The molecule has 1 fully saturated rings. The van der Waals surface area contributed by atoms with E-state index in [0.29, 0.717) is 55.2 Å². The minimum absolute atomic E-state index is 0.0322. The number of rotatable bonds is 4. The summed E-state index contributed by atoms with van der Waals surface area (Å²) in [7, 11) is 1.50. The predicted molar refractivity (Wildman–Crippen MR) is 98.6 cm³/mol. The monoisotopic (exact) mass is 389 g/mol. The summed E-state index contributed by atoms with van der Waals surface area (Å²) in [5.41, 5.74) is 0.889. The topological polar surface area (TPSA) is 103 Å². The van der Waals surface area contributed by atoms with Crippen LogP contribution < -0.4 is 15.0 Å². The Hall–Kier alpha value is -2.91. The lowest BCUT2D eigenvalue weighted by Gasteiger charge is -2.24. The summed E-state index contributed by atoms with van der Waals surface area (Å²) in [6.07, 6.45) is 0. The predicted octanol–water partition coefficient (Wildman–Crippen LogP) is 2.37. The van der Waals surface area contributed by atoms with Crippen LogP contribution in [0.2, 0.25) is 5.15 Å². The number of carbonyl (C=O) groups excluding carboxylic acids is 1. The lowest BCUT2D eigenvalue weighted by Crippen LogP contribution is -2.36. The van der Waals surface area contributed by atoms with Crippen molar-refractivity contribution >= 4 is 40.6 Å². The van der Waals surface area contributed by atoms with Gasteiger partial charge in [0.25, 0.3) is 11.9 Å². The highest BCUT2D eigenvalue weighted by molar-refractivity contribution is 6.33. The fourth-order valence-corrected chi connectivity index (χ4v) is 2.88. The maximum absolute atomic E-state index is 12.6. The van der Waals surface area contributed by atoms with E-state index in [1.54, 1.807) is 18.2 Å². The van der Waals surface area contributed by atoms with Crippen molar-refractivity contribution in [2.24, 2.45) is 0 Å². The van der Waals surface area contributed by atoms with Crippen LogP contribution in [0.1, 0.15) is 10.4 Å². The third-order valence-corrected chi connectivity index (χ3v) is 4.31. The van der Waals surface area contributed by atoms with E-state index < -0.39 is 5.91 Å². The fourth-order valence-electron chi connectivity index (χ4n) is 2.66. The number of halogens is 1. The number of carbonyl (C=O) groups is 1. The molecule has 140 valence electrons. The minimum atomic E-state index is -0.459. The van der Waals surface area contributed by atoms with Crippen LogP contribution in [0.15, 0.2) is 28.7 Å². The maximum atomic E-state index is 12.6. The number of nitrogens with one attached hydrogen (secondary N) is 1. The first-order valence-corrected chi connectivity index (χ1v) is 8.64. The molecule has 10 heteroatoms. The van der Waals surface area contributed by atoms with Crippen LogP contribution >= 0.6 is 11.6 Å². The highest BCUT2D eigenvalue weighted by atomic mass is 35.5. The fraction of sp³-hybridized carbons (Fsp3) is 0.294. The number of aromatic nitrogens is 3. The number of hydrogen-bond acceptors (Lipinski definition) is 8. The molecule has 0 aliphatic carbocycles. The van der Waals surface area contributed by atoms with E-state index in [0.717, 1.165) is 0 Å². The summed E-state index contributed by atoms with van der Waals surface area (Å²) in [5, 5.41) is 2.70. The van der Waals surface area contributed by atoms with Crippen molar-refractivity contribution in [3.8, 4) is 5.88 Å². The van der Waals surface area contributed by atoms with E-state index in [1.807, 2.05) is 4.90 Å². The molecule has 1 saturated heterocycles. The molecule has 0 saturated carbocycles. The van der Waals surface area contributed by atoms with Crippen LogP contribution in [0.25, 0.3) is 11.2 Å². The van der Waals surface area contributed by atoms with E-state index in [1.165, 1.54) is 13.2 Å². The Balaban J connectivity index is 1.60. The van der Waals surface area contributed by atoms with Crippen LogP contribution in [-0.4, -0.2) is 54.3 Å². The van der Waals surface area contributed by atoms with E-state index in [4.69, 9.17) is 25.5 Å². The Labute approximate surface area is 159 Å². The van der Waals surface area contributed by atoms with E-state index in [2.05, 4.69) is 20.3 Å².